The molecule has 0 saturated carbocycles. The van der Waals surface area contributed by atoms with E-state index in [2.05, 4.69) is 30.6 Å². The van der Waals surface area contributed by atoms with Crippen LogP contribution in [0, 0.1) is 6.92 Å². The van der Waals surface area contributed by atoms with Gasteiger partial charge in [0, 0.05) is 35.0 Å². The molecule has 0 saturated heterocycles. The van der Waals surface area contributed by atoms with Crippen molar-refractivity contribution in [1.82, 2.24) is 14.7 Å². The maximum atomic E-state index is 12.2. The maximum absolute atomic E-state index is 12.2. The molecule has 108 valence electrons. The minimum absolute atomic E-state index is 0.197. The number of anilines is 1. The summed E-state index contributed by atoms with van der Waals surface area (Å²) in [5, 5.41) is 0. The van der Waals surface area contributed by atoms with Gasteiger partial charge in [0.15, 0.2) is 0 Å². The Labute approximate surface area is 126 Å². The molecule has 0 unspecified atom stereocenters. The first kappa shape index (κ1) is 15.0. The quantitative estimate of drug-likeness (QED) is 0.706. The number of benzene rings is 1. The fourth-order valence-electron chi connectivity index (χ4n) is 1.78. The van der Waals surface area contributed by atoms with Gasteiger partial charge in [0.05, 0.1) is 11.2 Å². The predicted molar refractivity (Wildman–Crippen MR) is 80.8 cm³/mol. The summed E-state index contributed by atoms with van der Waals surface area (Å²) in [6.07, 6.45) is 3.77. The largest absolute Gasteiger partial charge is 0.398 e. The first-order chi connectivity index (χ1) is 9.40. The number of aryl methyl sites for hydroxylation is 1. The summed E-state index contributed by atoms with van der Waals surface area (Å²) < 4.78 is 27.7. The fourth-order valence-corrected chi connectivity index (χ4v) is 3.53. The average molecular weight is 359 g/mol. The van der Waals surface area contributed by atoms with E-state index in [9.17, 15) is 8.42 Å². The van der Waals surface area contributed by atoms with Gasteiger partial charge in [-0.25, -0.2) is 18.1 Å². The van der Waals surface area contributed by atoms with E-state index in [0.717, 1.165) is 5.69 Å². The number of nitrogen functional groups attached to an aromatic ring is 1. The van der Waals surface area contributed by atoms with Gasteiger partial charge in [0.25, 0.3) is 0 Å². The molecule has 0 aliphatic carbocycles. The van der Waals surface area contributed by atoms with E-state index in [1.165, 1.54) is 6.07 Å². The lowest BCUT2D eigenvalue weighted by Crippen LogP contribution is -2.26. The molecule has 2 aromatic rings. The number of nitrogens with two attached hydrogens (primary N) is 1. The highest BCUT2D eigenvalue weighted by molar-refractivity contribution is 9.10. The SMILES string of the molecule is Cc1cc(Br)c(N)cc1S(=O)(=O)NCCc1cnc[nH]1. The van der Waals surface area contributed by atoms with Crippen LogP contribution in [0.3, 0.4) is 0 Å². The zero-order chi connectivity index (χ0) is 14.8. The second kappa shape index (κ2) is 5.94. The van der Waals surface area contributed by atoms with Gasteiger partial charge in [-0.1, -0.05) is 0 Å². The van der Waals surface area contributed by atoms with E-state index in [4.69, 9.17) is 5.73 Å². The van der Waals surface area contributed by atoms with Gasteiger partial charge in [-0.15, -0.1) is 0 Å². The van der Waals surface area contributed by atoms with Crippen LogP contribution in [0.25, 0.3) is 0 Å². The number of nitrogens with zero attached hydrogens (tertiary/aromatic N) is 1. The number of rotatable bonds is 5. The molecule has 0 spiro atoms. The van der Waals surface area contributed by atoms with Crippen LogP contribution in [0.4, 0.5) is 5.69 Å². The second-order valence-electron chi connectivity index (χ2n) is 4.36. The zero-order valence-electron chi connectivity index (χ0n) is 10.9. The van der Waals surface area contributed by atoms with E-state index in [1.54, 1.807) is 25.5 Å². The number of nitrogens with one attached hydrogen (secondary N) is 2. The summed E-state index contributed by atoms with van der Waals surface area (Å²) in [5.41, 5.74) is 7.65. The van der Waals surface area contributed by atoms with Crippen LogP contribution in [0.2, 0.25) is 0 Å². The minimum Gasteiger partial charge on any atom is -0.398 e. The minimum atomic E-state index is -3.57. The maximum Gasteiger partial charge on any atom is 0.240 e. The van der Waals surface area contributed by atoms with Crippen LogP contribution >= 0.6 is 15.9 Å². The Morgan fingerprint density at radius 2 is 2.20 bits per heavy atom. The molecule has 1 aromatic carbocycles. The molecular formula is C12H15BrN4O2S. The number of H-pyrrole nitrogens is 1. The normalized spacial score (nSPS) is 11.7. The van der Waals surface area contributed by atoms with Crippen molar-refractivity contribution in [3.05, 3.63) is 40.4 Å². The molecule has 0 radical (unpaired) electrons. The highest BCUT2D eigenvalue weighted by atomic mass is 79.9. The number of halogens is 1. The number of hydrogen-bond donors (Lipinski definition) is 3. The van der Waals surface area contributed by atoms with E-state index < -0.39 is 10.0 Å². The molecule has 1 heterocycles. The smallest absolute Gasteiger partial charge is 0.240 e. The van der Waals surface area contributed by atoms with Crippen molar-refractivity contribution < 1.29 is 8.42 Å². The standard InChI is InChI=1S/C12H15BrN4O2S/c1-8-4-10(13)11(14)5-12(8)20(18,19)17-3-2-9-6-15-7-16-9/h4-7,17H,2-3,14H2,1H3,(H,15,16). The first-order valence-corrected chi connectivity index (χ1v) is 8.20. The Bertz CT molecular complexity index is 698. The van der Waals surface area contributed by atoms with Gasteiger partial charge in [0.2, 0.25) is 10.0 Å². The molecule has 0 amide bonds. The number of sulfonamides is 1. The highest BCUT2D eigenvalue weighted by Crippen LogP contribution is 2.26. The van der Waals surface area contributed by atoms with Crippen LogP contribution in [0.1, 0.15) is 11.3 Å². The molecular weight excluding hydrogens is 344 g/mol. The lowest BCUT2D eigenvalue weighted by Gasteiger charge is -2.11. The van der Waals surface area contributed by atoms with Gasteiger partial charge in [-0.3, -0.25) is 0 Å². The average Bonchev–Trinajstić information content (AvgIpc) is 2.86. The van der Waals surface area contributed by atoms with Gasteiger partial charge in [0.1, 0.15) is 0 Å². The Morgan fingerprint density at radius 3 is 2.85 bits per heavy atom. The van der Waals surface area contributed by atoms with Crippen molar-refractivity contribution in [2.45, 2.75) is 18.2 Å². The molecule has 0 atom stereocenters. The Balaban J connectivity index is 2.12. The Morgan fingerprint density at radius 1 is 1.45 bits per heavy atom. The van der Waals surface area contributed by atoms with Crippen LogP contribution in [0.5, 0.6) is 0 Å². The van der Waals surface area contributed by atoms with Gasteiger partial charge >= 0.3 is 0 Å². The predicted octanol–water partition coefficient (Wildman–Crippen LogP) is 1.58. The van der Waals surface area contributed by atoms with E-state index in [-0.39, 0.29) is 4.90 Å². The molecule has 4 N–H and O–H groups in total. The lowest BCUT2D eigenvalue weighted by atomic mass is 10.2. The third-order valence-electron chi connectivity index (χ3n) is 2.83. The van der Waals surface area contributed by atoms with E-state index in [0.29, 0.717) is 28.7 Å². The summed E-state index contributed by atoms with van der Waals surface area (Å²) in [6.45, 7) is 2.02. The zero-order valence-corrected chi connectivity index (χ0v) is 13.3. The number of aromatic amines is 1. The van der Waals surface area contributed by atoms with Gasteiger partial charge in [-0.2, -0.15) is 0 Å². The number of imidazole rings is 1. The number of aromatic nitrogens is 2. The molecule has 2 rings (SSSR count). The molecule has 0 aliphatic heterocycles. The third-order valence-corrected chi connectivity index (χ3v) is 5.11. The molecule has 8 heteroatoms. The highest BCUT2D eigenvalue weighted by Gasteiger charge is 2.17. The summed E-state index contributed by atoms with van der Waals surface area (Å²) in [6, 6.07) is 3.15. The molecule has 6 nitrogen and oxygen atoms in total. The molecule has 0 fully saturated rings. The summed E-state index contributed by atoms with van der Waals surface area (Å²) >= 11 is 3.27. The van der Waals surface area contributed by atoms with Crippen molar-refractivity contribution in [3.8, 4) is 0 Å². The van der Waals surface area contributed by atoms with E-state index in [1.807, 2.05) is 0 Å². The van der Waals surface area contributed by atoms with Crippen molar-refractivity contribution in [2.24, 2.45) is 0 Å². The molecule has 0 bridgehead atoms. The molecule has 0 aliphatic rings. The van der Waals surface area contributed by atoms with Crippen LogP contribution in [-0.2, 0) is 16.4 Å². The van der Waals surface area contributed by atoms with Crippen LogP contribution in [-0.4, -0.2) is 24.9 Å². The second-order valence-corrected chi connectivity index (χ2v) is 6.95. The van der Waals surface area contributed by atoms with Gasteiger partial charge < -0.3 is 10.7 Å². The third kappa shape index (κ3) is 3.38. The lowest BCUT2D eigenvalue weighted by molar-refractivity contribution is 0.581. The monoisotopic (exact) mass is 358 g/mol. The van der Waals surface area contributed by atoms with Crippen molar-refractivity contribution in [1.29, 1.82) is 0 Å². The van der Waals surface area contributed by atoms with E-state index >= 15 is 0 Å². The van der Waals surface area contributed by atoms with Crippen molar-refractivity contribution >= 4 is 31.6 Å². The Kier molecular flexibility index (Phi) is 4.46. The fraction of sp³-hybridized carbons (Fsp3) is 0.250. The van der Waals surface area contributed by atoms with Crippen molar-refractivity contribution in [3.63, 3.8) is 0 Å². The first-order valence-electron chi connectivity index (χ1n) is 5.92. The number of hydrogen-bond acceptors (Lipinski definition) is 4. The summed E-state index contributed by atoms with van der Waals surface area (Å²) in [7, 11) is -3.57. The molecule has 20 heavy (non-hydrogen) atoms. The van der Waals surface area contributed by atoms with Crippen LogP contribution in [0.15, 0.2) is 34.0 Å². The van der Waals surface area contributed by atoms with Gasteiger partial charge in [-0.05, 0) is 40.5 Å². The summed E-state index contributed by atoms with van der Waals surface area (Å²) in [4.78, 5) is 6.99. The summed E-state index contributed by atoms with van der Waals surface area (Å²) in [5.74, 6) is 0. The van der Waals surface area contributed by atoms with Crippen LogP contribution < -0.4 is 10.5 Å². The topological polar surface area (TPSA) is 101 Å². The van der Waals surface area contributed by atoms with Crippen molar-refractivity contribution in [2.75, 3.05) is 12.3 Å². The molecule has 1 aromatic heterocycles. The Hall–Kier alpha value is -1.38.